The lowest BCUT2D eigenvalue weighted by molar-refractivity contribution is -0.0506. The number of hydrogen-bond donors (Lipinski definition) is 2. The topological polar surface area (TPSA) is 112 Å². The van der Waals surface area contributed by atoms with Crippen LogP contribution in [0.25, 0.3) is 27.5 Å². The number of para-hydroxylation sites is 1. The molecule has 2 aromatic heterocycles. The molecule has 5 rings (SSSR count). The molecule has 5 aromatic rings. The van der Waals surface area contributed by atoms with Gasteiger partial charge in [-0.15, -0.1) is 0 Å². The van der Waals surface area contributed by atoms with Crippen molar-refractivity contribution in [3.63, 3.8) is 0 Å². The SMILES string of the molecule is CC(NC(=O)c1nn2cc(-c3ccc4ccccc4c3)[nH]c(=O)c2c1C#N)c1ccccc1OC(F)F. The van der Waals surface area contributed by atoms with Gasteiger partial charge in [-0.3, -0.25) is 9.59 Å². The highest BCUT2D eigenvalue weighted by atomic mass is 19.3. The molecule has 8 nitrogen and oxygen atoms in total. The fourth-order valence-corrected chi connectivity index (χ4v) is 4.23. The number of halogens is 2. The van der Waals surface area contributed by atoms with E-state index in [9.17, 15) is 23.6 Å². The molecule has 0 saturated carbocycles. The lowest BCUT2D eigenvalue weighted by Gasteiger charge is -2.17. The predicted octanol–water partition coefficient (Wildman–Crippen LogP) is 4.81. The number of amides is 1. The lowest BCUT2D eigenvalue weighted by atomic mass is 10.1. The van der Waals surface area contributed by atoms with Crippen molar-refractivity contribution in [2.45, 2.75) is 19.6 Å². The number of ether oxygens (including phenoxy) is 1. The molecule has 2 heterocycles. The van der Waals surface area contributed by atoms with Gasteiger partial charge in [0.15, 0.2) is 5.69 Å². The van der Waals surface area contributed by atoms with Crippen LogP contribution in [0, 0.1) is 11.3 Å². The molecule has 0 aliphatic heterocycles. The van der Waals surface area contributed by atoms with Crippen LogP contribution in [-0.2, 0) is 0 Å². The summed E-state index contributed by atoms with van der Waals surface area (Å²) in [6, 6.07) is 20.6. The molecule has 1 unspecified atom stereocenters. The molecule has 184 valence electrons. The van der Waals surface area contributed by atoms with E-state index in [1.165, 1.54) is 28.9 Å². The van der Waals surface area contributed by atoms with Crippen molar-refractivity contribution in [2.75, 3.05) is 0 Å². The summed E-state index contributed by atoms with van der Waals surface area (Å²) in [6.07, 6.45) is 1.54. The number of nitrogens with zero attached hydrogens (tertiary/aromatic N) is 3. The van der Waals surface area contributed by atoms with E-state index in [0.29, 0.717) is 11.3 Å². The first-order valence-electron chi connectivity index (χ1n) is 11.2. The third kappa shape index (κ3) is 4.50. The maximum Gasteiger partial charge on any atom is 0.387 e. The molecule has 0 spiro atoms. The minimum atomic E-state index is -3.03. The summed E-state index contributed by atoms with van der Waals surface area (Å²) in [5, 5.41) is 18.6. The molecule has 0 aliphatic carbocycles. The van der Waals surface area contributed by atoms with Gasteiger partial charge in [0, 0.05) is 11.1 Å². The average molecular weight is 499 g/mol. The second kappa shape index (κ2) is 9.54. The van der Waals surface area contributed by atoms with Gasteiger partial charge in [0.1, 0.15) is 22.9 Å². The number of alkyl halides is 2. The number of hydrogen-bond acceptors (Lipinski definition) is 5. The number of nitriles is 1. The largest absolute Gasteiger partial charge is 0.434 e. The van der Waals surface area contributed by atoms with Gasteiger partial charge in [-0.05, 0) is 29.8 Å². The first-order valence-corrected chi connectivity index (χ1v) is 11.2. The predicted molar refractivity (Wildman–Crippen MR) is 132 cm³/mol. The van der Waals surface area contributed by atoms with Gasteiger partial charge in [-0.2, -0.15) is 19.1 Å². The molecule has 0 saturated heterocycles. The number of aromatic amines is 1. The summed E-state index contributed by atoms with van der Waals surface area (Å²) in [5.41, 5.74) is 0.366. The lowest BCUT2D eigenvalue weighted by Crippen LogP contribution is -2.28. The van der Waals surface area contributed by atoms with Crippen LogP contribution in [0.15, 0.2) is 77.7 Å². The van der Waals surface area contributed by atoms with Gasteiger partial charge < -0.3 is 15.0 Å². The first-order chi connectivity index (χ1) is 17.9. The van der Waals surface area contributed by atoms with Gasteiger partial charge in [-0.1, -0.05) is 54.6 Å². The molecule has 10 heteroatoms. The van der Waals surface area contributed by atoms with Gasteiger partial charge in [0.25, 0.3) is 11.5 Å². The Kier molecular flexibility index (Phi) is 6.11. The maximum absolute atomic E-state index is 13.1. The van der Waals surface area contributed by atoms with Crippen LogP contribution in [0.3, 0.4) is 0 Å². The minimum Gasteiger partial charge on any atom is -0.434 e. The highest BCUT2D eigenvalue weighted by molar-refractivity contribution is 5.97. The summed E-state index contributed by atoms with van der Waals surface area (Å²) in [5.74, 6) is -0.830. The number of fused-ring (bicyclic) bond motifs is 2. The van der Waals surface area contributed by atoms with Crippen molar-refractivity contribution in [3.8, 4) is 23.1 Å². The van der Waals surface area contributed by atoms with Crippen molar-refractivity contribution in [1.82, 2.24) is 19.9 Å². The number of carbonyl (C=O) groups excluding carboxylic acids is 1. The van der Waals surface area contributed by atoms with Crippen LogP contribution >= 0.6 is 0 Å². The number of nitrogens with one attached hydrogen (secondary N) is 2. The number of rotatable bonds is 6. The second-order valence-electron chi connectivity index (χ2n) is 8.30. The second-order valence-corrected chi connectivity index (χ2v) is 8.30. The Morgan fingerprint density at radius 3 is 2.59 bits per heavy atom. The van der Waals surface area contributed by atoms with E-state index in [4.69, 9.17) is 0 Å². The molecule has 0 aliphatic rings. The molecule has 1 atom stereocenters. The Bertz CT molecular complexity index is 1750. The van der Waals surface area contributed by atoms with Crippen LogP contribution in [0.1, 0.15) is 34.6 Å². The fourth-order valence-electron chi connectivity index (χ4n) is 4.23. The zero-order valence-electron chi connectivity index (χ0n) is 19.4. The van der Waals surface area contributed by atoms with Gasteiger partial charge in [0.2, 0.25) is 0 Å². The fraction of sp³-hybridized carbons (Fsp3) is 0.111. The molecule has 0 fully saturated rings. The minimum absolute atomic E-state index is 0.0775. The van der Waals surface area contributed by atoms with Crippen molar-refractivity contribution >= 4 is 22.2 Å². The van der Waals surface area contributed by atoms with E-state index in [-0.39, 0.29) is 22.5 Å². The zero-order valence-corrected chi connectivity index (χ0v) is 19.4. The average Bonchev–Trinajstić information content (AvgIpc) is 3.28. The smallest absolute Gasteiger partial charge is 0.387 e. The van der Waals surface area contributed by atoms with Crippen molar-refractivity contribution < 1.29 is 18.3 Å². The van der Waals surface area contributed by atoms with E-state index < -0.39 is 24.1 Å². The summed E-state index contributed by atoms with van der Waals surface area (Å²) < 4.78 is 31.3. The Balaban J connectivity index is 1.51. The molecular formula is C27H19F2N5O3. The summed E-state index contributed by atoms with van der Waals surface area (Å²) in [6.45, 7) is -1.45. The summed E-state index contributed by atoms with van der Waals surface area (Å²) >= 11 is 0. The van der Waals surface area contributed by atoms with E-state index >= 15 is 0 Å². The Hall–Kier alpha value is -5.04. The van der Waals surface area contributed by atoms with Crippen LogP contribution in [0.2, 0.25) is 0 Å². The van der Waals surface area contributed by atoms with Crippen LogP contribution < -0.4 is 15.6 Å². The van der Waals surface area contributed by atoms with Crippen LogP contribution in [-0.4, -0.2) is 27.1 Å². The van der Waals surface area contributed by atoms with Gasteiger partial charge in [0.05, 0.1) is 17.9 Å². The van der Waals surface area contributed by atoms with E-state index in [2.05, 4.69) is 20.1 Å². The Labute approximate surface area is 208 Å². The summed E-state index contributed by atoms with van der Waals surface area (Å²) in [7, 11) is 0. The van der Waals surface area contributed by atoms with Gasteiger partial charge in [-0.25, -0.2) is 4.52 Å². The van der Waals surface area contributed by atoms with Gasteiger partial charge >= 0.3 is 6.61 Å². The quantitative estimate of drug-likeness (QED) is 0.348. The van der Waals surface area contributed by atoms with E-state index in [1.54, 1.807) is 13.0 Å². The van der Waals surface area contributed by atoms with Crippen molar-refractivity contribution in [3.05, 3.63) is 100 Å². The standard InChI is InChI=1S/C27H19F2N5O3/c1-15(19-8-4-5-9-22(19)37-27(28)29)31-25(35)23-20(13-30)24-26(36)32-21(14-34(24)33-23)18-11-10-16-6-2-3-7-17(16)12-18/h2-12,14-15,27H,1H3,(H,31,35)(H,32,36). The number of benzene rings is 3. The van der Waals surface area contributed by atoms with E-state index in [0.717, 1.165) is 16.3 Å². The molecular weight excluding hydrogens is 480 g/mol. The normalized spacial score (nSPS) is 12.0. The molecule has 0 radical (unpaired) electrons. The zero-order chi connectivity index (χ0) is 26.1. The molecule has 0 bridgehead atoms. The number of H-pyrrole nitrogens is 1. The number of carbonyl (C=O) groups is 1. The maximum atomic E-state index is 13.1. The summed E-state index contributed by atoms with van der Waals surface area (Å²) in [4.78, 5) is 28.8. The third-order valence-electron chi connectivity index (χ3n) is 5.96. The Morgan fingerprint density at radius 1 is 1.11 bits per heavy atom. The molecule has 1 amide bonds. The molecule has 37 heavy (non-hydrogen) atoms. The number of aromatic nitrogens is 3. The highest BCUT2D eigenvalue weighted by Gasteiger charge is 2.25. The van der Waals surface area contributed by atoms with Crippen molar-refractivity contribution in [2.24, 2.45) is 0 Å². The van der Waals surface area contributed by atoms with Crippen LogP contribution in [0.4, 0.5) is 8.78 Å². The van der Waals surface area contributed by atoms with E-state index in [1.807, 2.05) is 48.5 Å². The van der Waals surface area contributed by atoms with Crippen molar-refractivity contribution in [1.29, 1.82) is 5.26 Å². The third-order valence-corrected chi connectivity index (χ3v) is 5.96. The first kappa shape index (κ1) is 23.7. The monoisotopic (exact) mass is 499 g/mol. The molecule has 3 aromatic carbocycles. The molecule has 2 N–H and O–H groups in total. The highest BCUT2D eigenvalue weighted by Crippen LogP contribution is 2.27. The van der Waals surface area contributed by atoms with Crippen LogP contribution in [0.5, 0.6) is 5.75 Å². The Morgan fingerprint density at radius 2 is 1.84 bits per heavy atom.